The lowest BCUT2D eigenvalue weighted by molar-refractivity contribution is -0.118. The monoisotopic (exact) mass is 299 g/mol. The molecule has 1 aliphatic carbocycles. The van der Waals surface area contributed by atoms with Gasteiger partial charge < -0.3 is 5.32 Å². The third-order valence-electron chi connectivity index (χ3n) is 3.31. The lowest BCUT2D eigenvalue weighted by Gasteiger charge is -2.16. The highest BCUT2D eigenvalue weighted by atomic mass is 35.5. The summed E-state index contributed by atoms with van der Waals surface area (Å²) in [5, 5.41) is 3.60. The maximum absolute atomic E-state index is 13.8. The second-order valence-corrected chi connectivity index (χ2v) is 5.37. The van der Waals surface area contributed by atoms with Gasteiger partial charge in [-0.1, -0.05) is 31.5 Å². The molecule has 0 spiro atoms. The van der Waals surface area contributed by atoms with E-state index in [1.807, 2.05) is 13.8 Å². The Bertz CT molecular complexity index is 446. The Hall–Kier alpha value is -0.930. The standard InChI is InChI=1S/C14H17ClFNO.C2H6/c1-9(18)13(8-17-7-10-2-3-10)12-5-4-11(15)6-14(12)16;1-2/h4-6,10,13,17H,2-3,7-8H2,1H3;1-2H3. The summed E-state index contributed by atoms with van der Waals surface area (Å²) in [5.74, 6) is -0.121. The number of rotatable bonds is 6. The largest absolute Gasteiger partial charge is 0.315 e. The fourth-order valence-electron chi connectivity index (χ4n) is 2.01. The quantitative estimate of drug-likeness (QED) is 0.854. The molecule has 0 aromatic heterocycles. The second-order valence-electron chi connectivity index (χ2n) is 4.93. The summed E-state index contributed by atoms with van der Waals surface area (Å²) in [7, 11) is 0. The van der Waals surface area contributed by atoms with Crippen molar-refractivity contribution >= 4 is 17.4 Å². The van der Waals surface area contributed by atoms with E-state index in [1.54, 1.807) is 12.1 Å². The zero-order valence-electron chi connectivity index (χ0n) is 12.4. The molecule has 0 amide bonds. The molecule has 1 aliphatic rings. The molecule has 2 nitrogen and oxygen atoms in total. The Labute approximate surface area is 125 Å². The van der Waals surface area contributed by atoms with Crippen LogP contribution < -0.4 is 5.32 Å². The van der Waals surface area contributed by atoms with Crippen LogP contribution >= 0.6 is 11.6 Å². The van der Waals surface area contributed by atoms with Gasteiger partial charge in [0.05, 0.1) is 5.92 Å². The third kappa shape index (κ3) is 5.22. The lowest BCUT2D eigenvalue weighted by atomic mass is 9.95. The Morgan fingerprint density at radius 2 is 2.10 bits per heavy atom. The van der Waals surface area contributed by atoms with Gasteiger partial charge >= 0.3 is 0 Å². The highest BCUT2D eigenvalue weighted by molar-refractivity contribution is 6.30. The molecule has 1 saturated carbocycles. The molecule has 20 heavy (non-hydrogen) atoms. The average Bonchev–Trinajstić information content (AvgIpc) is 3.22. The van der Waals surface area contributed by atoms with E-state index < -0.39 is 11.7 Å². The molecule has 1 aromatic carbocycles. The number of hydrogen-bond acceptors (Lipinski definition) is 2. The molecule has 1 unspecified atom stereocenters. The van der Waals surface area contributed by atoms with Crippen LogP contribution in [0.4, 0.5) is 4.39 Å². The smallest absolute Gasteiger partial charge is 0.138 e. The summed E-state index contributed by atoms with van der Waals surface area (Å²) < 4.78 is 13.8. The van der Waals surface area contributed by atoms with E-state index in [1.165, 1.54) is 25.8 Å². The maximum atomic E-state index is 13.8. The minimum absolute atomic E-state index is 0.0282. The van der Waals surface area contributed by atoms with Gasteiger partial charge in [0.25, 0.3) is 0 Å². The van der Waals surface area contributed by atoms with Crippen molar-refractivity contribution in [3.8, 4) is 0 Å². The molecule has 112 valence electrons. The first-order valence-corrected chi connectivity index (χ1v) is 7.62. The van der Waals surface area contributed by atoms with Crippen LogP contribution in [0.15, 0.2) is 18.2 Å². The zero-order chi connectivity index (χ0) is 15.1. The summed E-state index contributed by atoms with van der Waals surface area (Å²) in [4.78, 5) is 11.6. The van der Waals surface area contributed by atoms with Crippen molar-refractivity contribution in [2.75, 3.05) is 13.1 Å². The van der Waals surface area contributed by atoms with Crippen molar-refractivity contribution in [3.05, 3.63) is 34.6 Å². The average molecular weight is 300 g/mol. The number of carbonyl (C=O) groups excluding carboxylic acids is 1. The van der Waals surface area contributed by atoms with Gasteiger partial charge in [-0.2, -0.15) is 0 Å². The van der Waals surface area contributed by atoms with Gasteiger partial charge in [0, 0.05) is 11.6 Å². The van der Waals surface area contributed by atoms with Gasteiger partial charge in [-0.25, -0.2) is 4.39 Å². The maximum Gasteiger partial charge on any atom is 0.138 e. The van der Waals surface area contributed by atoms with Crippen LogP contribution in [-0.2, 0) is 4.79 Å². The molecular formula is C16H23ClFNO. The molecule has 4 heteroatoms. The Morgan fingerprint density at radius 3 is 2.60 bits per heavy atom. The first kappa shape index (κ1) is 17.1. The normalized spacial score (nSPS) is 15.2. The van der Waals surface area contributed by atoms with Crippen molar-refractivity contribution in [3.63, 3.8) is 0 Å². The highest BCUT2D eigenvalue weighted by Crippen LogP contribution is 2.28. The minimum atomic E-state index is -0.430. The van der Waals surface area contributed by atoms with E-state index in [2.05, 4.69) is 5.32 Å². The summed E-state index contributed by atoms with van der Waals surface area (Å²) in [5.41, 5.74) is 0.426. The fraction of sp³-hybridized carbons (Fsp3) is 0.562. The molecule has 0 radical (unpaired) electrons. The predicted molar refractivity (Wildman–Crippen MR) is 81.8 cm³/mol. The van der Waals surface area contributed by atoms with Crippen molar-refractivity contribution in [1.29, 1.82) is 0 Å². The van der Waals surface area contributed by atoms with E-state index in [4.69, 9.17) is 11.6 Å². The van der Waals surface area contributed by atoms with Crippen LogP contribution in [-0.4, -0.2) is 18.9 Å². The topological polar surface area (TPSA) is 29.1 Å². The zero-order valence-corrected chi connectivity index (χ0v) is 13.1. The Morgan fingerprint density at radius 1 is 1.45 bits per heavy atom. The van der Waals surface area contributed by atoms with Crippen molar-refractivity contribution in [2.24, 2.45) is 5.92 Å². The first-order valence-electron chi connectivity index (χ1n) is 7.24. The minimum Gasteiger partial charge on any atom is -0.315 e. The molecule has 0 heterocycles. The first-order chi connectivity index (χ1) is 9.58. The predicted octanol–water partition coefficient (Wildman–Crippen LogP) is 4.18. The van der Waals surface area contributed by atoms with Gasteiger partial charge in [-0.15, -0.1) is 0 Å². The fourth-order valence-corrected chi connectivity index (χ4v) is 2.17. The number of ketones is 1. The van der Waals surface area contributed by atoms with Gasteiger partial charge in [-0.3, -0.25) is 4.79 Å². The SMILES string of the molecule is CC.CC(=O)C(CNCC1CC1)c1ccc(Cl)cc1F. The van der Waals surface area contributed by atoms with Crippen molar-refractivity contribution in [2.45, 2.75) is 39.5 Å². The van der Waals surface area contributed by atoms with E-state index in [0.29, 0.717) is 17.1 Å². The summed E-state index contributed by atoms with van der Waals surface area (Å²) in [6.07, 6.45) is 2.51. The van der Waals surface area contributed by atoms with E-state index >= 15 is 0 Å². The Balaban J connectivity index is 0.000000956. The van der Waals surface area contributed by atoms with Gasteiger partial charge in [-0.05, 0) is 49.9 Å². The molecular weight excluding hydrogens is 277 g/mol. The number of Topliss-reactive ketones (excluding diaryl/α,β-unsaturated/α-hetero) is 1. The lowest BCUT2D eigenvalue weighted by Crippen LogP contribution is -2.28. The molecule has 1 aromatic rings. The summed E-state index contributed by atoms with van der Waals surface area (Å²) in [6.45, 7) is 6.90. The van der Waals surface area contributed by atoms with Crippen LogP contribution in [0.2, 0.25) is 5.02 Å². The highest BCUT2D eigenvalue weighted by Gasteiger charge is 2.23. The second kappa shape index (κ2) is 8.38. The molecule has 2 rings (SSSR count). The summed E-state index contributed by atoms with van der Waals surface area (Å²) >= 11 is 5.71. The van der Waals surface area contributed by atoms with E-state index in [-0.39, 0.29) is 5.78 Å². The van der Waals surface area contributed by atoms with E-state index in [9.17, 15) is 9.18 Å². The molecule has 1 atom stereocenters. The van der Waals surface area contributed by atoms with Crippen molar-refractivity contribution in [1.82, 2.24) is 5.32 Å². The van der Waals surface area contributed by atoms with Gasteiger partial charge in [0.15, 0.2) is 0 Å². The molecule has 0 bridgehead atoms. The number of carbonyl (C=O) groups is 1. The molecule has 1 fully saturated rings. The number of nitrogens with one attached hydrogen (secondary N) is 1. The number of halogens is 2. The third-order valence-corrected chi connectivity index (χ3v) is 3.54. The number of hydrogen-bond donors (Lipinski definition) is 1. The number of benzene rings is 1. The van der Waals surface area contributed by atoms with Crippen molar-refractivity contribution < 1.29 is 9.18 Å². The Kier molecular flexibility index (Phi) is 7.17. The van der Waals surface area contributed by atoms with Crippen LogP contribution in [0.1, 0.15) is 45.1 Å². The molecule has 0 aliphatic heterocycles. The van der Waals surface area contributed by atoms with Crippen LogP contribution in [0, 0.1) is 11.7 Å². The van der Waals surface area contributed by atoms with E-state index in [0.717, 1.165) is 12.5 Å². The van der Waals surface area contributed by atoms with Crippen LogP contribution in [0.25, 0.3) is 0 Å². The molecule has 1 N–H and O–H groups in total. The summed E-state index contributed by atoms with van der Waals surface area (Å²) in [6, 6.07) is 4.48. The van der Waals surface area contributed by atoms with Crippen LogP contribution in [0.3, 0.4) is 0 Å². The van der Waals surface area contributed by atoms with Crippen LogP contribution in [0.5, 0.6) is 0 Å². The van der Waals surface area contributed by atoms with Gasteiger partial charge in [0.2, 0.25) is 0 Å². The van der Waals surface area contributed by atoms with Gasteiger partial charge in [0.1, 0.15) is 11.6 Å². The molecule has 0 saturated heterocycles.